The number of benzene rings is 1. The maximum Gasteiger partial charge on any atom is 0.328 e. The van der Waals surface area contributed by atoms with E-state index in [1.165, 1.54) is 19.1 Å². The number of phenolic OH excluding ortho intramolecular Hbond substituents is 1. The van der Waals surface area contributed by atoms with Crippen LogP contribution in [0.25, 0.3) is 0 Å². The second-order valence-electron chi connectivity index (χ2n) is 9.23. The average Bonchev–Trinajstić information content (AvgIpc) is 2.86. The molecule has 0 aromatic heterocycles. The van der Waals surface area contributed by atoms with Gasteiger partial charge in [0, 0.05) is 0 Å². The molecule has 0 fully saturated rings. The summed E-state index contributed by atoms with van der Waals surface area (Å²) >= 11 is 0. The van der Waals surface area contributed by atoms with Gasteiger partial charge in [-0.2, -0.15) is 0 Å². The van der Waals surface area contributed by atoms with E-state index in [1.54, 1.807) is 12.1 Å². The molecule has 1 aromatic rings. The molecule has 0 bridgehead atoms. The Bertz CT molecular complexity index is 897. The van der Waals surface area contributed by atoms with Crippen LogP contribution in [0.2, 0.25) is 0 Å². The first-order chi connectivity index (χ1) is 18.0. The fraction of sp³-hybridized carbons (Fsp3) is 0.600. The van der Waals surface area contributed by atoms with E-state index >= 15 is 0 Å². The van der Waals surface area contributed by atoms with Gasteiger partial charge >= 0.3 is 5.97 Å². The molecule has 0 heterocycles. The van der Waals surface area contributed by atoms with Crippen LogP contribution in [0.4, 0.5) is 0 Å². The van der Waals surface area contributed by atoms with Crippen molar-refractivity contribution < 1.29 is 34.5 Å². The minimum absolute atomic E-state index is 0.0802. The maximum atomic E-state index is 13.2. The molecule has 38 heavy (non-hydrogen) atoms. The standard InChI is InChI=1S/C25H42N6O7/c1-15(32)21(25(37)38)31-24(36)20(7-3-5-13-27)30-23(35)19(6-2-4-12-26)29-22(34)18(28)14-16-8-10-17(33)11-9-16/h8-11,15,18-21,32-33H,2-7,12-14,26-28H2,1H3,(H,29,34)(H,30,35)(H,31,36)(H,37,38). The minimum Gasteiger partial charge on any atom is -0.508 e. The molecule has 5 unspecified atom stereocenters. The number of carboxylic acid groups (broad SMARTS) is 1. The zero-order valence-corrected chi connectivity index (χ0v) is 21.8. The number of rotatable bonds is 18. The van der Waals surface area contributed by atoms with Crippen LogP contribution in [0.5, 0.6) is 5.75 Å². The zero-order chi connectivity index (χ0) is 28.7. The van der Waals surface area contributed by atoms with Crippen LogP contribution >= 0.6 is 0 Å². The fourth-order valence-corrected chi connectivity index (χ4v) is 3.70. The monoisotopic (exact) mass is 538 g/mol. The van der Waals surface area contributed by atoms with Gasteiger partial charge in [0.15, 0.2) is 6.04 Å². The number of amides is 3. The summed E-state index contributed by atoms with van der Waals surface area (Å²) in [4.78, 5) is 50.3. The Labute approximate surface area is 222 Å². The number of carboxylic acids is 1. The van der Waals surface area contributed by atoms with Crippen molar-refractivity contribution in [2.75, 3.05) is 13.1 Å². The zero-order valence-electron chi connectivity index (χ0n) is 21.8. The van der Waals surface area contributed by atoms with Crippen LogP contribution in [0.15, 0.2) is 24.3 Å². The summed E-state index contributed by atoms with van der Waals surface area (Å²) in [6.07, 6.45) is 1.39. The number of carbonyl (C=O) groups is 4. The van der Waals surface area contributed by atoms with Crippen molar-refractivity contribution >= 4 is 23.7 Å². The number of aliphatic carboxylic acids is 1. The summed E-state index contributed by atoms with van der Waals surface area (Å²) in [7, 11) is 0. The van der Waals surface area contributed by atoms with Gasteiger partial charge in [-0.3, -0.25) is 14.4 Å². The van der Waals surface area contributed by atoms with Crippen LogP contribution in [-0.2, 0) is 25.6 Å². The lowest BCUT2D eigenvalue weighted by Crippen LogP contribution is -2.58. The second-order valence-corrected chi connectivity index (χ2v) is 9.23. The average molecular weight is 539 g/mol. The highest BCUT2D eigenvalue weighted by Crippen LogP contribution is 2.12. The molecule has 0 radical (unpaired) electrons. The van der Waals surface area contributed by atoms with Crippen LogP contribution in [0.1, 0.15) is 51.0 Å². The highest BCUT2D eigenvalue weighted by Gasteiger charge is 2.31. The Morgan fingerprint density at radius 1 is 0.816 bits per heavy atom. The quantitative estimate of drug-likeness (QED) is 0.0973. The van der Waals surface area contributed by atoms with E-state index in [4.69, 9.17) is 17.2 Å². The molecule has 3 amide bonds. The predicted octanol–water partition coefficient (Wildman–Crippen LogP) is -1.56. The Hall–Kier alpha value is -3.26. The van der Waals surface area contributed by atoms with Crippen molar-refractivity contribution in [3.63, 3.8) is 0 Å². The largest absolute Gasteiger partial charge is 0.508 e. The van der Waals surface area contributed by atoms with Gasteiger partial charge in [0.25, 0.3) is 0 Å². The van der Waals surface area contributed by atoms with Crippen molar-refractivity contribution in [1.29, 1.82) is 0 Å². The van der Waals surface area contributed by atoms with E-state index in [-0.39, 0.29) is 25.0 Å². The molecule has 0 aliphatic carbocycles. The molecule has 214 valence electrons. The lowest BCUT2D eigenvalue weighted by atomic mass is 10.0. The topological polar surface area (TPSA) is 243 Å². The first-order valence-corrected chi connectivity index (χ1v) is 12.8. The third-order valence-corrected chi connectivity index (χ3v) is 5.93. The summed E-state index contributed by atoms with van der Waals surface area (Å²) in [5, 5.41) is 35.9. The van der Waals surface area contributed by atoms with E-state index < -0.39 is 54.0 Å². The van der Waals surface area contributed by atoms with Crippen LogP contribution in [0, 0.1) is 0 Å². The molecule has 0 aliphatic heterocycles. The number of nitrogens with one attached hydrogen (secondary N) is 3. The molecular formula is C25H42N6O7. The number of aliphatic hydroxyl groups is 1. The van der Waals surface area contributed by atoms with Gasteiger partial charge in [-0.25, -0.2) is 4.79 Å². The Kier molecular flexibility index (Phi) is 14.9. The van der Waals surface area contributed by atoms with Crippen molar-refractivity contribution in [2.24, 2.45) is 17.2 Å². The number of nitrogens with two attached hydrogens (primary N) is 3. The Morgan fingerprint density at radius 2 is 1.29 bits per heavy atom. The molecule has 0 saturated heterocycles. The van der Waals surface area contributed by atoms with E-state index in [0.717, 1.165) is 5.56 Å². The first-order valence-electron chi connectivity index (χ1n) is 12.8. The van der Waals surface area contributed by atoms with Crippen molar-refractivity contribution in [2.45, 2.75) is 82.1 Å². The number of hydrogen-bond donors (Lipinski definition) is 9. The van der Waals surface area contributed by atoms with Gasteiger partial charge in [-0.15, -0.1) is 0 Å². The summed E-state index contributed by atoms with van der Waals surface area (Å²) in [5.74, 6) is -3.33. The van der Waals surface area contributed by atoms with Crippen molar-refractivity contribution in [3.8, 4) is 5.75 Å². The first kappa shape index (κ1) is 32.8. The molecule has 13 nitrogen and oxygen atoms in total. The molecule has 13 heteroatoms. The molecular weight excluding hydrogens is 496 g/mol. The summed E-state index contributed by atoms with van der Waals surface area (Å²) in [6.45, 7) is 1.98. The summed E-state index contributed by atoms with van der Waals surface area (Å²) < 4.78 is 0. The maximum absolute atomic E-state index is 13.2. The Morgan fingerprint density at radius 3 is 1.74 bits per heavy atom. The van der Waals surface area contributed by atoms with Crippen molar-refractivity contribution in [1.82, 2.24) is 16.0 Å². The molecule has 5 atom stereocenters. The third-order valence-electron chi connectivity index (χ3n) is 5.93. The number of aliphatic hydroxyl groups excluding tert-OH is 1. The third kappa shape index (κ3) is 11.9. The highest BCUT2D eigenvalue weighted by molar-refractivity contribution is 5.94. The molecule has 0 aliphatic rings. The van der Waals surface area contributed by atoms with Gasteiger partial charge < -0.3 is 48.5 Å². The Balaban J connectivity index is 2.98. The number of aromatic hydroxyl groups is 1. The van der Waals surface area contributed by atoms with Gasteiger partial charge in [0.05, 0.1) is 12.1 Å². The summed E-state index contributed by atoms with van der Waals surface area (Å²) in [6, 6.07) is 1.55. The number of hydrogen-bond acceptors (Lipinski definition) is 9. The second kappa shape index (κ2) is 17.3. The van der Waals surface area contributed by atoms with Gasteiger partial charge in [0.2, 0.25) is 17.7 Å². The molecule has 0 spiro atoms. The van der Waals surface area contributed by atoms with Crippen LogP contribution in [0.3, 0.4) is 0 Å². The predicted molar refractivity (Wildman–Crippen MR) is 141 cm³/mol. The van der Waals surface area contributed by atoms with Crippen molar-refractivity contribution in [3.05, 3.63) is 29.8 Å². The van der Waals surface area contributed by atoms with Crippen LogP contribution in [-0.4, -0.2) is 82.4 Å². The smallest absolute Gasteiger partial charge is 0.328 e. The van der Waals surface area contributed by atoms with Gasteiger partial charge in [-0.1, -0.05) is 12.1 Å². The molecule has 12 N–H and O–H groups in total. The van der Waals surface area contributed by atoms with Crippen LogP contribution < -0.4 is 33.2 Å². The normalized spacial score (nSPS) is 15.0. The fourth-order valence-electron chi connectivity index (χ4n) is 3.70. The van der Waals surface area contributed by atoms with Gasteiger partial charge in [0.1, 0.15) is 17.8 Å². The van der Waals surface area contributed by atoms with Gasteiger partial charge in [-0.05, 0) is 82.7 Å². The molecule has 0 saturated carbocycles. The van der Waals surface area contributed by atoms with E-state index in [0.29, 0.717) is 38.8 Å². The minimum atomic E-state index is -1.56. The highest BCUT2D eigenvalue weighted by atomic mass is 16.4. The lowest BCUT2D eigenvalue weighted by Gasteiger charge is -2.26. The number of unbranched alkanes of at least 4 members (excludes halogenated alkanes) is 2. The molecule has 1 aromatic carbocycles. The van der Waals surface area contributed by atoms with E-state index in [9.17, 15) is 34.5 Å². The van der Waals surface area contributed by atoms with E-state index in [2.05, 4.69) is 16.0 Å². The van der Waals surface area contributed by atoms with E-state index in [1.807, 2.05) is 0 Å². The number of phenols is 1. The SMILES string of the molecule is CC(O)C(NC(=O)C(CCCCN)NC(=O)C(CCCCN)NC(=O)C(N)Cc1ccc(O)cc1)C(=O)O. The summed E-state index contributed by atoms with van der Waals surface area (Å²) in [5.41, 5.74) is 17.9. The number of carbonyl (C=O) groups excluding carboxylic acids is 3. The molecule has 1 rings (SSSR count). The lowest BCUT2D eigenvalue weighted by molar-refractivity contribution is -0.145.